The number of nitro groups is 1. The highest BCUT2D eigenvalue weighted by atomic mass is 32.1. The van der Waals surface area contributed by atoms with E-state index in [1.54, 1.807) is 29.5 Å². The highest BCUT2D eigenvalue weighted by molar-refractivity contribution is 7.10. The predicted molar refractivity (Wildman–Crippen MR) is 103 cm³/mol. The Hall–Kier alpha value is -3.25. The molecule has 1 aromatic heterocycles. The Morgan fingerprint density at radius 2 is 1.88 bits per heavy atom. The van der Waals surface area contributed by atoms with Gasteiger partial charge in [-0.05, 0) is 28.6 Å². The summed E-state index contributed by atoms with van der Waals surface area (Å²) in [6.45, 7) is 0. The van der Waals surface area contributed by atoms with E-state index in [9.17, 15) is 14.9 Å². The number of nitrogens with zero attached hydrogens (tertiary/aromatic N) is 1. The fourth-order valence-corrected chi connectivity index (χ4v) is 3.33. The second kappa shape index (κ2) is 8.22. The van der Waals surface area contributed by atoms with Crippen LogP contribution >= 0.6 is 11.3 Å². The first-order chi connectivity index (χ1) is 12.6. The van der Waals surface area contributed by atoms with Crippen molar-refractivity contribution in [3.05, 3.63) is 104 Å². The third kappa shape index (κ3) is 4.43. The zero-order valence-corrected chi connectivity index (χ0v) is 14.6. The number of rotatable bonds is 6. The summed E-state index contributed by atoms with van der Waals surface area (Å²) in [5, 5.41) is 15.8. The van der Waals surface area contributed by atoms with Gasteiger partial charge in [-0.3, -0.25) is 14.9 Å². The molecule has 26 heavy (non-hydrogen) atoms. The van der Waals surface area contributed by atoms with Crippen LogP contribution in [0, 0.1) is 10.1 Å². The highest BCUT2D eigenvalue weighted by Gasteiger charge is 2.16. The van der Waals surface area contributed by atoms with E-state index in [2.05, 4.69) is 5.32 Å². The van der Waals surface area contributed by atoms with Crippen molar-refractivity contribution in [2.75, 3.05) is 0 Å². The summed E-state index contributed by atoms with van der Waals surface area (Å²) in [5.74, 6) is -0.265. The van der Waals surface area contributed by atoms with Crippen molar-refractivity contribution in [2.24, 2.45) is 0 Å². The Kier molecular flexibility index (Phi) is 5.56. The largest absolute Gasteiger partial charge is 0.341 e. The lowest BCUT2D eigenvalue weighted by Crippen LogP contribution is -2.27. The van der Waals surface area contributed by atoms with Crippen LogP contribution in [0.4, 0.5) is 5.69 Å². The van der Waals surface area contributed by atoms with Gasteiger partial charge in [0.1, 0.15) is 0 Å². The minimum atomic E-state index is -0.459. The van der Waals surface area contributed by atoms with Crippen LogP contribution in [0.2, 0.25) is 0 Å². The Morgan fingerprint density at radius 3 is 2.58 bits per heavy atom. The molecule has 0 aliphatic carbocycles. The fraction of sp³-hybridized carbons (Fsp3) is 0.0500. The molecule has 3 rings (SSSR count). The molecule has 130 valence electrons. The van der Waals surface area contributed by atoms with E-state index >= 15 is 0 Å². The van der Waals surface area contributed by atoms with Crippen LogP contribution in [0.3, 0.4) is 0 Å². The molecule has 0 aliphatic heterocycles. The van der Waals surface area contributed by atoms with Gasteiger partial charge in [0, 0.05) is 23.1 Å². The van der Waals surface area contributed by atoms with Gasteiger partial charge in [-0.1, -0.05) is 48.5 Å². The van der Waals surface area contributed by atoms with Gasteiger partial charge in [0.15, 0.2) is 0 Å². The van der Waals surface area contributed by atoms with Crippen molar-refractivity contribution in [3.63, 3.8) is 0 Å². The summed E-state index contributed by atoms with van der Waals surface area (Å²) in [7, 11) is 0. The lowest BCUT2D eigenvalue weighted by Gasteiger charge is -2.17. The first kappa shape index (κ1) is 17.6. The lowest BCUT2D eigenvalue weighted by molar-refractivity contribution is -0.384. The number of non-ortho nitro benzene ring substituents is 1. The molecule has 1 N–H and O–H groups in total. The van der Waals surface area contributed by atoms with Crippen molar-refractivity contribution in [1.82, 2.24) is 5.32 Å². The Balaban J connectivity index is 1.76. The number of hydrogen-bond acceptors (Lipinski definition) is 4. The Bertz CT molecular complexity index is 921. The molecule has 0 bridgehead atoms. The third-order valence-corrected chi connectivity index (χ3v) is 4.69. The van der Waals surface area contributed by atoms with Crippen molar-refractivity contribution in [1.29, 1.82) is 0 Å². The van der Waals surface area contributed by atoms with E-state index in [1.807, 2.05) is 47.8 Å². The number of carbonyl (C=O) groups is 1. The van der Waals surface area contributed by atoms with Crippen LogP contribution in [-0.2, 0) is 4.79 Å². The molecule has 0 aliphatic rings. The first-order valence-electron chi connectivity index (χ1n) is 7.95. The second-order valence-electron chi connectivity index (χ2n) is 5.55. The fourth-order valence-electron chi connectivity index (χ4n) is 2.52. The SMILES string of the molecule is O=C(/C=C/c1cccc([N+](=O)[O-])c1)N[C@@H](c1ccccc1)c1cccs1. The third-order valence-electron chi connectivity index (χ3n) is 3.76. The topological polar surface area (TPSA) is 72.2 Å². The van der Waals surface area contributed by atoms with Crippen molar-refractivity contribution < 1.29 is 9.72 Å². The Morgan fingerprint density at radius 1 is 1.08 bits per heavy atom. The number of nitrogens with one attached hydrogen (secondary N) is 1. The van der Waals surface area contributed by atoms with Gasteiger partial charge in [0.05, 0.1) is 11.0 Å². The molecule has 2 aromatic carbocycles. The minimum Gasteiger partial charge on any atom is -0.341 e. The summed E-state index contributed by atoms with van der Waals surface area (Å²) in [6.07, 6.45) is 2.96. The number of carbonyl (C=O) groups excluding carboxylic acids is 1. The zero-order chi connectivity index (χ0) is 18.4. The van der Waals surface area contributed by atoms with E-state index in [4.69, 9.17) is 0 Å². The van der Waals surface area contributed by atoms with Gasteiger partial charge < -0.3 is 5.32 Å². The number of thiophene rings is 1. The monoisotopic (exact) mass is 364 g/mol. The van der Waals surface area contributed by atoms with Crippen LogP contribution in [0.25, 0.3) is 6.08 Å². The van der Waals surface area contributed by atoms with Crippen molar-refractivity contribution in [2.45, 2.75) is 6.04 Å². The van der Waals surface area contributed by atoms with Crippen LogP contribution < -0.4 is 5.32 Å². The minimum absolute atomic E-state index is 0.00620. The molecule has 0 unspecified atom stereocenters. The van der Waals surface area contributed by atoms with Gasteiger partial charge in [0.25, 0.3) is 5.69 Å². The normalized spacial score (nSPS) is 12.0. The molecule has 5 nitrogen and oxygen atoms in total. The first-order valence-corrected chi connectivity index (χ1v) is 8.83. The van der Waals surface area contributed by atoms with Gasteiger partial charge >= 0.3 is 0 Å². The molecule has 3 aromatic rings. The van der Waals surface area contributed by atoms with Crippen LogP contribution in [0.1, 0.15) is 22.0 Å². The zero-order valence-electron chi connectivity index (χ0n) is 13.7. The maximum atomic E-state index is 12.4. The molecular formula is C20H16N2O3S. The summed E-state index contributed by atoms with van der Waals surface area (Å²) in [5.41, 5.74) is 1.59. The second-order valence-corrected chi connectivity index (χ2v) is 6.53. The average molecular weight is 364 g/mol. The van der Waals surface area contributed by atoms with E-state index in [0.717, 1.165) is 10.4 Å². The lowest BCUT2D eigenvalue weighted by atomic mass is 10.1. The number of benzene rings is 2. The number of nitro benzene ring substituents is 1. The summed E-state index contributed by atoms with van der Waals surface area (Å²) >= 11 is 1.57. The molecule has 1 amide bonds. The van der Waals surface area contributed by atoms with E-state index < -0.39 is 4.92 Å². The standard InChI is InChI=1S/C20H16N2O3S/c23-19(12-11-15-6-4-9-17(14-15)22(24)25)21-20(18-10-5-13-26-18)16-7-2-1-3-8-16/h1-14,20H,(H,21,23)/b12-11+/t20-/m0/s1. The molecule has 1 heterocycles. The molecule has 0 radical (unpaired) electrons. The number of hydrogen-bond donors (Lipinski definition) is 1. The summed E-state index contributed by atoms with van der Waals surface area (Å²) in [6, 6.07) is 19.6. The van der Waals surface area contributed by atoms with Crippen LogP contribution in [0.15, 0.2) is 78.2 Å². The maximum Gasteiger partial charge on any atom is 0.270 e. The molecule has 0 spiro atoms. The van der Waals surface area contributed by atoms with Crippen LogP contribution in [-0.4, -0.2) is 10.8 Å². The Labute approximate surface area is 154 Å². The smallest absolute Gasteiger partial charge is 0.270 e. The van der Waals surface area contributed by atoms with Gasteiger partial charge in [0.2, 0.25) is 5.91 Å². The average Bonchev–Trinajstić information content (AvgIpc) is 3.20. The predicted octanol–water partition coefficient (Wildman–Crippen LogP) is 4.58. The molecule has 0 fully saturated rings. The molecule has 0 saturated carbocycles. The van der Waals surface area contributed by atoms with Crippen molar-refractivity contribution >= 4 is 29.0 Å². The molecule has 0 saturated heterocycles. The molecular weight excluding hydrogens is 348 g/mol. The van der Waals surface area contributed by atoms with Gasteiger partial charge in [-0.25, -0.2) is 0 Å². The number of amides is 1. The quantitative estimate of drug-likeness (QED) is 0.395. The van der Waals surface area contributed by atoms with Crippen molar-refractivity contribution in [3.8, 4) is 0 Å². The summed E-state index contributed by atoms with van der Waals surface area (Å²) in [4.78, 5) is 23.8. The van der Waals surface area contributed by atoms with Gasteiger partial charge in [-0.15, -0.1) is 11.3 Å². The summed E-state index contributed by atoms with van der Waals surface area (Å²) < 4.78 is 0. The molecule has 6 heteroatoms. The van der Waals surface area contributed by atoms with Crippen LogP contribution in [0.5, 0.6) is 0 Å². The van der Waals surface area contributed by atoms with E-state index in [-0.39, 0.29) is 17.6 Å². The molecule has 1 atom stereocenters. The highest BCUT2D eigenvalue weighted by Crippen LogP contribution is 2.26. The maximum absolute atomic E-state index is 12.4. The van der Waals surface area contributed by atoms with Gasteiger partial charge in [-0.2, -0.15) is 0 Å². The van der Waals surface area contributed by atoms with E-state index in [0.29, 0.717) is 5.56 Å². The van der Waals surface area contributed by atoms with E-state index in [1.165, 1.54) is 18.2 Å².